The maximum Gasteiger partial charge on any atom is 0.129 e. The lowest BCUT2D eigenvalue weighted by molar-refractivity contribution is -0.117. The van der Waals surface area contributed by atoms with Crippen molar-refractivity contribution in [3.8, 4) is 0 Å². The summed E-state index contributed by atoms with van der Waals surface area (Å²) < 4.78 is 0. The van der Waals surface area contributed by atoms with Crippen molar-refractivity contribution in [2.45, 2.75) is 200 Å². The molecule has 0 rings (SSSR count). The number of rotatable bonds is 29. The summed E-state index contributed by atoms with van der Waals surface area (Å²) in [7, 11) is 0. The van der Waals surface area contributed by atoms with E-state index in [0.29, 0.717) is 6.42 Å². The highest BCUT2D eigenvalue weighted by atomic mass is 16.3. The molecule has 0 fully saturated rings. The molecule has 0 amide bonds. The molecule has 0 aliphatic carbocycles. The summed E-state index contributed by atoms with van der Waals surface area (Å²) in [5.74, 6) is 0.268. The van der Waals surface area contributed by atoms with Crippen molar-refractivity contribution < 1.29 is 9.90 Å². The van der Waals surface area contributed by atoms with Crippen LogP contribution < -0.4 is 0 Å². The second-order valence-corrected chi connectivity index (χ2v) is 11.2. The quantitative estimate of drug-likeness (QED) is 0.108. The molecule has 0 unspecified atom stereocenters. The Morgan fingerprint density at radius 2 is 0.735 bits per heavy atom. The van der Waals surface area contributed by atoms with Gasteiger partial charge in [0.25, 0.3) is 0 Å². The summed E-state index contributed by atoms with van der Waals surface area (Å²) in [6.45, 7) is 3.95. The van der Waals surface area contributed by atoms with Crippen LogP contribution >= 0.6 is 0 Å². The molecule has 0 aromatic rings. The van der Waals surface area contributed by atoms with Crippen molar-refractivity contribution >= 4 is 5.78 Å². The van der Waals surface area contributed by atoms with Crippen molar-refractivity contribution in [3.05, 3.63) is 0 Å². The zero-order valence-corrected chi connectivity index (χ0v) is 23.7. The van der Waals surface area contributed by atoms with E-state index in [1.54, 1.807) is 6.92 Å². The minimum Gasteiger partial charge on any atom is -0.393 e. The second-order valence-electron chi connectivity index (χ2n) is 11.2. The third-order valence-corrected chi connectivity index (χ3v) is 7.46. The Morgan fingerprint density at radius 3 is 1.03 bits per heavy atom. The Balaban J connectivity index is 3.09. The molecule has 0 bridgehead atoms. The Kier molecular flexibility index (Phi) is 28.6. The van der Waals surface area contributed by atoms with E-state index in [1.165, 1.54) is 141 Å². The van der Waals surface area contributed by atoms with Crippen molar-refractivity contribution in [2.75, 3.05) is 0 Å². The van der Waals surface area contributed by atoms with E-state index >= 15 is 0 Å². The number of hydrogen-bond donors (Lipinski definition) is 1. The summed E-state index contributed by atoms with van der Waals surface area (Å²) in [4.78, 5) is 10.9. The van der Waals surface area contributed by atoms with Crippen LogP contribution in [0.3, 0.4) is 0 Å². The monoisotopic (exact) mass is 480 g/mol. The van der Waals surface area contributed by atoms with E-state index in [1.807, 2.05) is 0 Å². The largest absolute Gasteiger partial charge is 0.393 e. The molecule has 0 saturated heterocycles. The van der Waals surface area contributed by atoms with E-state index in [2.05, 4.69) is 6.92 Å². The number of aliphatic hydroxyl groups is 1. The second kappa shape index (κ2) is 28.9. The molecule has 0 aliphatic rings. The Hall–Kier alpha value is -0.370. The fourth-order valence-corrected chi connectivity index (χ4v) is 5.06. The first kappa shape index (κ1) is 33.6. The summed E-state index contributed by atoms with van der Waals surface area (Å²) in [6.07, 6.45) is 36.9. The highest BCUT2D eigenvalue weighted by Crippen LogP contribution is 2.16. The molecule has 2 heteroatoms. The molecule has 0 radical (unpaired) electrons. The third-order valence-electron chi connectivity index (χ3n) is 7.46. The maximum atomic E-state index is 10.9. The first-order valence-corrected chi connectivity index (χ1v) is 15.8. The van der Waals surface area contributed by atoms with Gasteiger partial charge in [-0.05, 0) is 26.2 Å². The Morgan fingerprint density at radius 1 is 0.471 bits per heavy atom. The summed E-state index contributed by atoms with van der Waals surface area (Å²) >= 11 is 0. The number of carbonyl (C=O) groups excluding carboxylic acids is 1. The topological polar surface area (TPSA) is 37.3 Å². The van der Waals surface area contributed by atoms with Crippen LogP contribution in [0.1, 0.15) is 194 Å². The Bertz CT molecular complexity index is 392. The summed E-state index contributed by atoms with van der Waals surface area (Å²) in [5.41, 5.74) is 0. The molecule has 1 N–H and O–H groups in total. The molecule has 0 heterocycles. The standard InChI is InChI=1S/C32H64O2/c1-3-4-5-6-7-8-9-10-11-12-13-14-15-16-17-18-19-20-21-22-23-24-25-29-32(34)30-27-26-28-31(2)33/h32,34H,3-30H2,1-2H3/t32-/m0/s1. The molecular formula is C32H64O2. The van der Waals surface area contributed by atoms with E-state index in [9.17, 15) is 9.90 Å². The van der Waals surface area contributed by atoms with Gasteiger partial charge in [0.15, 0.2) is 0 Å². The molecule has 0 aliphatic heterocycles. The minimum absolute atomic E-state index is 0.151. The number of Topliss-reactive ketones (excluding diaryl/α,β-unsaturated/α-hetero) is 1. The van der Waals surface area contributed by atoms with E-state index in [4.69, 9.17) is 0 Å². The third kappa shape index (κ3) is 29.7. The van der Waals surface area contributed by atoms with Gasteiger partial charge >= 0.3 is 0 Å². The molecule has 1 atom stereocenters. The maximum absolute atomic E-state index is 10.9. The van der Waals surface area contributed by atoms with Crippen LogP contribution in [0.15, 0.2) is 0 Å². The Labute approximate surface area is 215 Å². The van der Waals surface area contributed by atoms with Gasteiger partial charge in [-0.3, -0.25) is 0 Å². The SMILES string of the molecule is CCCCCCCCCCCCCCCCCCCCCCCCC[C@H](O)CCCCC(C)=O. The van der Waals surface area contributed by atoms with Gasteiger partial charge in [0.1, 0.15) is 5.78 Å². The van der Waals surface area contributed by atoms with Gasteiger partial charge in [-0.2, -0.15) is 0 Å². The first-order chi connectivity index (χ1) is 16.7. The molecule has 204 valence electrons. The van der Waals surface area contributed by atoms with Gasteiger partial charge in [-0.25, -0.2) is 0 Å². The number of carbonyl (C=O) groups is 1. The van der Waals surface area contributed by atoms with Crippen LogP contribution in [-0.4, -0.2) is 17.0 Å². The highest BCUT2D eigenvalue weighted by molar-refractivity contribution is 5.75. The molecule has 0 spiro atoms. The van der Waals surface area contributed by atoms with Crippen molar-refractivity contribution in [1.82, 2.24) is 0 Å². The number of hydrogen-bond acceptors (Lipinski definition) is 2. The lowest BCUT2D eigenvalue weighted by Gasteiger charge is -2.10. The van der Waals surface area contributed by atoms with Gasteiger partial charge in [-0.15, -0.1) is 0 Å². The molecular weight excluding hydrogens is 416 g/mol. The zero-order chi connectivity index (χ0) is 25.0. The lowest BCUT2D eigenvalue weighted by Crippen LogP contribution is -2.06. The predicted octanol–water partition coefficient (Wildman–Crippen LogP) is 10.9. The lowest BCUT2D eigenvalue weighted by atomic mass is 10.0. The minimum atomic E-state index is -0.151. The fourth-order valence-electron chi connectivity index (χ4n) is 5.06. The van der Waals surface area contributed by atoms with Crippen LogP contribution in [0.4, 0.5) is 0 Å². The molecule has 0 aromatic heterocycles. The first-order valence-electron chi connectivity index (χ1n) is 15.8. The normalized spacial score (nSPS) is 12.3. The van der Waals surface area contributed by atoms with Gasteiger partial charge in [0, 0.05) is 6.42 Å². The van der Waals surface area contributed by atoms with Crippen LogP contribution in [0, 0.1) is 0 Å². The van der Waals surface area contributed by atoms with Gasteiger partial charge in [0.05, 0.1) is 6.10 Å². The summed E-state index contributed by atoms with van der Waals surface area (Å²) in [6, 6.07) is 0. The molecule has 2 nitrogen and oxygen atoms in total. The average molecular weight is 481 g/mol. The molecule has 0 aromatic carbocycles. The van der Waals surface area contributed by atoms with Crippen molar-refractivity contribution in [1.29, 1.82) is 0 Å². The van der Waals surface area contributed by atoms with E-state index in [-0.39, 0.29) is 11.9 Å². The van der Waals surface area contributed by atoms with Crippen LogP contribution in [-0.2, 0) is 4.79 Å². The van der Waals surface area contributed by atoms with Gasteiger partial charge in [0.2, 0.25) is 0 Å². The van der Waals surface area contributed by atoms with Crippen LogP contribution in [0.25, 0.3) is 0 Å². The average Bonchev–Trinajstić information content (AvgIpc) is 2.82. The van der Waals surface area contributed by atoms with Gasteiger partial charge < -0.3 is 9.90 Å². The van der Waals surface area contributed by atoms with E-state index < -0.39 is 0 Å². The van der Waals surface area contributed by atoms with Crippen LogP contribution in [0.2, 0.25) is 0 Å². The summed E-state index contributed by atoms with van der Waals surface area (Å²) in [5, 5.41) is 10.0. The van der Waals surface area contributed by atoms with Crippen molar-refractivity contribution in [3.63, 3.8) is 0 Å². The van der Waals surface area contributed by atoms with Crippen molar-refractivity contribution in [2.24, 2.45) is 0 Å². The fraction of sp³-hybridized carbons (Fsp3) is 0.969. The molecule has 0 saturated carbocycles. The number of ketones is 1. The number of aliphatic hydroxyl groups excluding tert-OH is 1. The predicted molar refractivity (Wildman–Crippen MR) is 152 cm³/mol. The molecule has 34 heavy (non-hydrogen) atoms. The number of unbranched alkanes of at least 4 members (excludes halogenated alkanes) is 23. The van der Waals surface area contributed by atoms with Gasteiger partial charge in [-0.1, -0.05) is 161 Å². The highest BCUT2D eigenvalue weighted by Gasteiger charge is 2.04. The van der Waals surface area contributed by atoms with Crippen LogP contribution in [0.5, 0.6) is 0 Å². The van der Waals surface area contributed by atoms with E-state index in [0.717, 1.165) is 32.1 Å². The zero-order valence-electron chi connectivity index (χ0n) is 23.7. The smallest absolute Gasteiger partial charge is 0.129 e.